The van der Waals surface area contributed by atoms with E-state index >= 15 is 0 Å². The van der Waals surface area contributed by atoms with Crippen LogP contribution in [-0.2, 0) is 11.0 Å². The fraction of sp³-hybridized carbons (Fsp3) is 0.176. The van der Waals surface area contributed by atoms with E-state index in [0.717, 1.165) is 23.8 Å². The molecule has 2 aliphatic rings. The summed E-state index contributed by atoms with van der Waals surface area (Å²) in [4.78, 5) is 13.8. The van der Waals surface area contributed by atoms with Gasteiger partial charge < -0.3 is 15.4 Å². The summed E-state index contributed by atoms with van der Waals surface area (Å²) in [7, 11) is 1.55. The Hall–Kier alpha value is -3.14. The van der Waals surface area contributed by atoms with Crippen molar-refractivity contribution in [3.05, 3.63) is 47.0 Å². The first-order chi connectivity index (χ1) is 13.3. The molecule has 2 heterocycles. The van der Waals surface area contributed by atoms with Crippen molar-refractivity contribution in [2.45, 2.75) is 6.18 Å². The number of hydrogen-bond acceptors (Lipinski definition) is 4. The summed E-state index contributed by atoms with van der Waals surface area (Å²) in [5.74, 6) is 0.970. The Labute approximate surface area is 161 Å². The van der Waals surface area contributed by atoms with E-state index in [2.05, 4.69) is 15.7 Å². The minimum absolute atomic E-state index is 0.00827. The number of rotatable bonds is 6. The monoisotopic (exact) mass is 411 g/mol. The van der Waals surface area contributed by atoms with E-state index in [-0.39, 0.29) is 12.2 Å². The van der Waals surface area contributed by atoms with Crippen LogP contribution < -0.4 is 15.4 Å². The number of ether oxygens (including phenoxy) is 1. The Morgan fingerprint density at radius 2 is 1.93 bits per heavy atom. The predicted molar refractivity (Wildman–Crippen MR) is 96.6 cm³/mol. The Bertz CT molecular complexity index is 1060. The molecule has 2 aromatic rings. The zero-order chi connectivity index (χ0) is 20.1. The molecule has 146 valence electrons. The molecule has 1 amide bonds. The molecule has 0 radical (unpaired) electrons. The molecule has 7 nitrogen and oxygen atoms in total. The minimum atomic E-state index is -4.60. The van der Waals surface area contributed by atoms with E-state index in [0.29, 0.717) is 11.4 Å². The van der Waals surface area contributed by atoms with Crippen LogP contribution in [-0.4, -0.2) is 34.1 Å². The van der Waals surface area contributed by atoms with Gasteiger partial charge in [0, 0.05) is 11.4 Å². The summed E-state index contributed by atoms with van der Waals surface area (Å²) >= 11 is 5.57. The molecule has 0 aliphatic carbocycles. The lowest BCUT2D eigenvalue weighted by Crippen LogP contribution is -2.22. The molecular weight excluding hydrogens is 399 g/mol. The SMILES string of the molecule is COc1ccc(NCC(=O)Nc2ccc(Cl)c(C(F)(F)F)c2)cc1-n1c2nn1-2. The van der Waals surface area contributed by atoms with Crippen LogP contribution in [0, 0.1) is 0 Å². The molecule has 4 rings (SSSR count). The number of anilines is 2. The highest BCUT2D eigenvalue weighted by atomic mass is 35.5. The van der Waals surface area contributed by atoms with E-state index in [9.17, 15) is 18.0 Å². The zero-order valence-electron chi connectivity index (χ0n) is 14.3. The van der Waals surface area contributed by atoms with E-state index in [1.807, 2.05) is 4.68 Å². The highest BCUT2D eigenvalue weighted by Crippen LogP contribution is 2.37. The van der Waals surface area contributed by atoms with E-state index in [1.54, 1.807) is 30.1 Å². The van der Waals surface area contributed by atoms with Crippen LogP contribution >= 0.6 is 11.6 Å². The third-order valence-corrected chi connectivity index (χ3v) is 4.41. The van der Waals surface area contributed by atoms with E-state index < -0.39 is 22.7 Å². The Kier molecular flexibility index (Phi) is 4.22. The van der Waals surface area contributed by atoms with Crippen LogP contribution in [0.5, 0.6) is 5.75 Å². The molecule has 0 aromatic heterocycles. The average molecular weight is 412 g/mol. The second kappa shape index (κ2) is 6.48. The number of carbonyl (C=O) groups excluding carboxylic acids is 1. The number of methoxy groups -OCH3 is 1. The van der Waals surface area contributed by atoms with Crippen molar-refractivity contribution >= 4 is 28.9 Å². The van der Waals surface area contributed by atoms with Gasteiger partial charge in [0.25, 0.3) is 5.95 Å². The number of halogens is 4. The molecule has 0 unspecified atom stereocenters. The van der Waals surface area contributed by atoms with Crippen molar-refractivity contribution in [2.24, 2.45) is 0 Å². The molecule has 0 saturated heterocycles. The highest BCUT2D eigenvalue weighted by molar-refractivity contribution is 6.31. The second-order valence-corrected chi connectivity index (χ2v) is 6.39. The van der Waals surface area contributed by atoms with Crippen molar-refractivity contribution in [3.8, 4) is 17.4 Å². The lowest BCUT2D eigenvalue weighted by atomic mass is 10.2. The minimum Gasteiger partial charge on any atom is -0.494 e. The van der Waals surface area contributed by atoms with Gasteiger partial charge in [0.1, 0.15) is 11.4 Å². The fourth-order valence-corrected chi connectivity index (χ4v) is 2.85. The van der Waals surface area contributed by atoms with Crippen molar-refractivity contribution in [1.29, 1.82) is 0 Å². The number of fused-ring (bicyclic) bond motifs is 1. The standard InChI is InChI=1S/C17H13ClF3N5O2/c1-28-14-5-3-9(7-13(14)25-16-24-26(16)25)22-8-15(27)23-10-2-4-12(18)11(6-10)17(19,20)21/h2-7,22H,8H2,1H3,(H,23,27). The Morgan fingerprint density at radius 3 is 2.54 bits per heavy atom. The highest BCUT2D eigenvalue weighted by Gasteiger charge is 2.37. The number of hydrogen-bond donors (Lipinski definition) is 2. The molecule has 0 fully saturated rings. The number of carbonyl (C=O) groups is 1. The third kappa shape index (κ3) is 3.50. The molecular formula is C17H13ClF3N5O2. The van der Waals surface area contributed by atoms with Gasteiger partial charge in [0.05, 0.1) is 24.2 Å². The van der Waals surface area contributed by atoms with Gasteiger partial charge >= 0.3 is 6.18 Å². The first-order valence-corrected chi connectivity index (χ1v) is 8.43. The summed E-state index contributed by atoms with van der Waals surface area (Å²) in [6, 6.07) is 8.45. The quantitative estimate of drug-likeness (QED) is 0.507. The summed E-state index contributed by atoms with van der Waals surface area (Å²) in [5, 5.41) is 8.87. The Balaban J connectivity index is 1.41. The van der Waals surface area contributed by atoms with Crippen LogP contribution in [0.15, 0.2) is 36.4 Å². The molecule has 0 atom stereocenters. The largest absolute Gasteiger partial charge is 0.494 e. The molecule has 11 heteroatoms. The lowest BCUT2D eigenvalue weighted by molar-refractivity contribution is -0.137. The number of aromatic nitrogens is 3. The molecule has 0 spiro atoms. The van der Waals surface area contributed by atoms with E-state index in [4.69, 9.17) is 16.3 Å². The third-order valence-electron chi connectivity index (χ3n) is 4.08. The number of alkyl halides is 3. The van der Waals surface area contributed by atoms with Gasteiger partial charge in [-0.1, -0.05) is 11.6 Å². The first kappa shape index (κ1) is 18.2. The fourth-order valence-electron chi connectivity index (χ4n) is 2.62. The normalized spacial score (nSPS) is 12.0. The van der Waals surface area contributed by atoms with Crippen LogP contribution in [0.3, 0.4) is 0 Å². The Morgan fingerprint density at radius 1 is 1.21 bits per heavy atom. The average Bonchev–Trinajstić information content (AvgIpc) is 3.53. The van der Waals surface area contributed by atoms with E-state index in [1.165, 1.54) is 6.07 Å². The summed E-state index contributed by atoms with van der Waals surface area (Å²) in [6.45, 7) is -0.138. The first-order valence-electron chi connectivity index (χ1n) is 8.05. The van der Waals surface area contributed by atoms with Crippen LogP contribution in [0.2, 0.25) is 5.02 Å². The van der Waals surface area contributed by atoms with Crippen molar-refractivity contribution in [1.82, 2.24) is 14.6 Å². The summed E-state index contributed by atoms with van der Waals surface area (Å²) in [6.07, 6.45) is -4.60. The van der Waals surface area contributed by atoms with Crippen molar-refractivity contribution in [3.63, 3.8) is 0 Å². The molecule has 2 aliphatic heterocycles. The maximum atomic E-state index is 12.9. The van der Waals surface area contributed by atoms with Gasteiger partial charge in [0.2, 0.25) is 5.91 Å². The van der Waals surface area contributed by atoms with Crippen molar-refractivity contribution in [2.75, 3.05) is 24.3 Å². The van der Waals surface area contributed by atoms with Crippen LogP contribution in [0.25, 0.3) is 11.6 Å². The molecule has 0 saturated carbocycles. The maximum Gasteiger partial charge on any atom is 0.417 e. The number of benzene rings is 2. The summed E-state index contributed by atoms with van der Waals surface area (Å²) < 4.78 is 45.8. The topological polar surface area (TPSA) is 73.1 Å². The van der Waals surface area contributed by atoms with Crippen LogP contribution in [0.1, 0.15) is 5.56 Å². The van der Waals surface area contributed by atoms with Gasteiger partial charge in [-0.25, -0.2) is 0 Å². The predicted octanol–water partition coefficient (Wildman–Crippen LogP) is 3.71. The zero-order valence-corrected chi connectivity index (χ0v) is 15.1. The van der Waals surface area contributed by atoms with Gasteiger partial charge in [-0.2, -0.15) is 17.9 Å². The second-order valence-electron chi connectivity index (χ2n) is 5.98. The van der Waals surface area contributed by atoms with Gasteiger partial charge in [-0.05, 0) is 36.4 Å². The number of nitrogens with zero attached hydrogens (tertiary/aromatic N) is 3. The molecule has 2 N–H and O–H groups in total. The molecule has 2 aromatic carbocycles. The molecule has 0 bridgehead atoms. The van der Waals surface area contributed by atoms with Crippen molar-refractivity contribution < 1.29 is 22.7 Å². The van der Waals surface area contributed by atoms with Crippen LogP contribution in [0.4, 0.5) is 24.5 Å². The molecule has 28 heavy (non-hydrogen) atoms. The van der Waals surface area contributed by atoms with Gasteiger partial charge in [-0.3, -0.25) is 4.79 Å². The number of nitrogens with one attached hydrogen (secondary N) is 2. The maximum absolute atomic E-state index is 12.9. The number of amides is 1. The lowest BCUT2D eigenvalue weighted by Gasteiger charge is -2.13. The van der Waals surface area contributed by atoms with Gasteiger partial charge in [-0.15, -0.1) is 9.90 Å². The van der Waals surface area contributed by atoms with Gasteiger partial charge in [0.15, 0.2) is 0 Å². The smallest absolute Gasteiger partial charge is 0.417 e. The summed E-state index contributed by atoms with van der Waals surface area (Å²) in [5.41, 5.74) is 0.417.